The highest BCUT2D eigenvalue weighted by atomic mass is 16.3. The molecule has 0 fully saturated rings. The molecule has 0 aliphatic carbocycles. The number of amides is 1. The number of carbonyl (C=O) groups is 1. The Hall–Kier alpha value is -3.47. The Kier molecular flexibility index (Phi) is 4.66. The number of hydrogen-bond donors (Lipinski definition) is 1. The molecule has 4 aromatic rings. The summed E-state index contributed by atoms with van der Waals surface area (Å²) < 4.78 is 5.77. The molecule has 5 nitrogen and oxygen atoms in total. The minimum absolute atomic E-state index is 0.0223. The zero-order chi connectivity index (χ0) is 18.6. The van der Waals surface area contributed by atoms with E-state index >= 15 is 0 Å². The highest BCUT2D eigenvalue weighted by Gasteiger charge is 2.10. The Labute approximate surface area is 157 Å². The molecule has 2 aromatic carbocycles. The molecule has 0 spiro atoms. The fourth-order valence-electron chi connectivity index (χ4n) is 2.85. The number of rotatable bonds is 5. The fourth-order valence-corrected chi connectivity index (χ4v) is 2.85. The van der Waals surface area contributed by atoms with E-state index in [0.717, 1.165) is 11.1 Å². The summed E-state index contributed by atoms with van der Waals surface area (Å²) >= 11 is 0. The number of pyridine rings is 1. The van der Waals surface area contributed by atoms with Crippen LogP contribution >= 0.6 is 0 Å². The van der Waals surface area contributed by atoms with E-state index in [0.29, 0.717) is 35.5 Å². The van der Waals surface area contributed by atoms with Gasteiger partial charge in [0.05, 0.1) is 5.56 Å². The van der Waals surface area contributed by atoms with E-state index in [1.165, 1.54) is 5.56 Å². The minimum Gasteiger partial charge on any atom is -0.436 e. The third kappa shape index (κ3) is 4.03. The van der Waals surface area contributed by atoms with Gasteiger partial charge in [0.2, 0.25) is 11.8 Å². The number of benzene rings is 2. The number of aromatic nitrogens is 2. The first kappa shape index (κ1) is 17.0. The third-order valence-electron chi connectivity index (χ3n) is 4.34. The molecule has 27 heavy (non-hydrogen) atoms. The van der Waals surface area contributed by atoms with Gasteiger partial charge in [0, 0.05) is 24.5 Å². The van der Waals surface area contributed by atoms with Gasteiger partial charge in [-0.25, -0.2) is 4.98 Å². The van der Waals surface area contributed by atoms with Crippen LogP contribution in [0.5, 0.6) is 0 Å². The van der Waals surface area contributed by atoms with Gasteiger partial charge in [-0.05, 0) is 49.2 Å². The van der Waals surface area contributed by atoms with Crippen LogP contribution < -0.4 is 5.32 Å². The van der Waals surface area contributed by atoms with E-state index in [4.69, 9.17) is 4.42 Å². The zero-order valence-corrected chi connectivity index (χ0v) is 15.0. The molecule has 0 aliphatic heterocycles. The standard InChI is InChI=1S/C22H19N3O2/c1-15-4-6-16(7-5-15)8-11-21(26)24-18-9-10-20-19(13-18)25-22(27-20)17-3-2-12-23-14-17/h2-7,9-10,12-14H,8,11H2,1H3,(H,24,26). The number of nitrogens with zero attached hydrogens (tertiary/aromatic N) is 2. The van der Waals surface area contributed by atoms with Gasteiger partial charge >= 0.3 is 0 Å². The van der Waals surface area contributed by atoms with Crippen molar-refractivity contribution in [2.24, 2.45) is 0 Å². The minimum atomic E-state index is -0.0223. The van der Waals surface area contributed by atoms with Crippen LogP contribution in [-0.4, -0.2) is 15.9 Å². The van der Waals surface area contributed by atoms with E-state index in [-0.39, 0.29) is 5.91 Å². The van der Waals surface area contributed by atoms with Crippen LogP contribution in [0.3, 0.4) is 0 Å². The summed E-state index contributed by atoms with van der Waals surface area (Å²) in [4.78, 5) is 20.8. The van der Waals surface area contributed by atoms with Crippen LogP contribution in [0.25, 0.3) is 22.6 Å². The largest absolute Gasteiger partial charge is 0.436 e. The predicted molar refractivity (Wildman–Crippen MR) is 105 cm³/mol. The quantitative estimate of drug-likeness (QED) is 0.559. The van der Waals surface area contributed by atoms with Crippen molar-refractivity contribution in [3.63, 3.8) is 0 Å². The number of oxazole rings is 1. The van der Waals surface area contributed by atoms with Gasteiger partial charge in [-0.2, -0.15) is 0 Å². The van der Waals surface area contributed by atoms with E-state index in [2.05, 4.69) is 46.5 Å². The molecule has 1 amide bonds. The normalized spacial score (nSPS) is 10.9. The number of aryl methyl sites for hydroxylation is 2. The second kappa shape index (κ2) is 7.41. The maximum atomic E-state index is 12.3. The van der Waals surface area contributed by atoms with Gasteiger partial charge in [-0.15, -0.1) is 0 Å². The smallest absolute Gasteiger partial charge is 0.228 e. The van der Waals surface area contributed by atoms with Crippen molar-refractivity contribution in [3.05, 3.63) is 78.1 Å². The topological polar surface area (TPSA) is 68.0 Å². The van der Waals surface area contributed by atoms with E-state index in [1.807, 2.05) is 30.3 Å². The summed E-state index contributed by atoms with van der Waals surface area (Å²) in [6, 6.07) is 17.4. The van der Waals surface area contributed by atoms with Gasteiger partial charge in [0.25, 0.3) is 0 Å². The Bertz CT molecular complexity index is 1070. The molecule has 0 saturated carbocycles. The number of anilines is 1. The van der Waals surface area contributed by atoms with E-state index in [9.17, 15) is 4.79 Å². The molecule has 1 N–H and O–H groups in total. The number of carbonyl (C=O) groups excluding carboxylic acids is 1. The van der Waals surface area contributed by atoms with Crippen molar-refractivity contribution in [1.82, 2.24) is 9.97 Å². The lowest BCUT2D eigenvalue weighted by Gasteiger charge is -2.05. The van der Waals surface area contributed by atoms with E-state index < -0.39 is 0 Å². The molecular weight excluding hydrogens is 338 g/mol. The monoisotopic (exact) mass is 357 g/mol. The van der Waals surface area contributed by atoms with E-state index in [1.54, 1.807) is 12.4 Å². The molecule has 2 heterocycles. The number of nitrogens with one attached hydrogen (secondary N) is 1. The Balaban J connectivity index is 1.44. The van der Waals surface area contributed by atoms with Gasteiger partial charge in [0.1, 0.15) is 5.52 Å². The van der Waals surface area contributed by atoms with Gasteiger partial charge in [-0.3, -0.25) is 9.78 Å². The maximum absolute atomic E-state index is 12.3. The molecule has 0 radical (unpaired) electrons. The number of fused-ring (bicyclic) bond motifs is 1. The van der Waals surface area contributed by atoms with Crippen molar-refractivity contribution in [3.8, 4) is 11.5 Å². The molecule has 134 valence electrons. The van der Waals surface area contributed by atoms with Crippen LogP contribution in [0.15, 0.2) is 71.4 Å². The number of hydrogen-bond acceptors (Lipinski definition) is 4. The fraction of sp³-hybridized carbons (Fsp3) is 0.136. The van der Waals surface area contributed by atoms with Crippen molar-refractivity contribution in [1.29, 1.82) is 0 Å². The summed E-state index contributed by atoms with van der Waals surface area (Å²) in [6.07, 6.45) is 4.55. The first-order valence-electron chi connectivity index (χ1n) is 8.84. The van der Waals surface area contributed by atoms with Gasteiger partial charge in [-0.1, -0.05) is 29.8 Å². The lowest BCUT2D eigenvalue weighted by molar-refractivity contribution is -0.116. The Morgan fingerprint density at radius 2 is 1.96 bits per heavy atom. The highest BCUT2D eigenvalue weighted by Crippen LogP contribution is 2.25. The SMILES string of the molecule is Cc1ccc(CCC(=O)Nc2ccc3oc(-c4cccnc4)nc3c2)cc1. The van der Waals surface area contributed by atoms with Crippen LogP contribution in [0, 0.1) is 6.92 Å². The molecular formula is C22H19N3O2. The predicted octanol–water partition coefficient (Wildman–Crippen LogP) is 4.77. The summed E-state index contributed by atoms with van der Waals surface area (Å²) in [5, 5.41) is 2.93. The second-order valence-corrected chi connectivity index (χ2v) is 6.48. The molecule has 0 atom stereocenters. The lowest BCUT2D eigenvalue weighted by Crippen LogP contribution is -2.12. The molecule has 2 aromatic heterocycles. The summed E-state index contributed by atoms with van der Waals surface area (Å²) in [5.74, 6) is 0.492. The Morgan fingerprint density at radius 3 is 2.74 bits per heavy atom. The average molecular weight is 357 g/mol. The van der Waals surface area contributed by atoms with Crippen LogP contribution in [0.2, 0.25) is 0 Å². The van der Waals surface area contributed by atoms with Crippen molar-refractivity contribution in [2.75, 3.05) is 5.32 Å². The molecule has 0 saturated heterocycles. The highest BCUT2D eigenvalue weighted by molar-refractivity contribution is 5.93. The van der Waals surface area contributed by atoms with Crippen LogP contribution in [-0.2, 0) is 11.2 Å². The second-order valence-electron chi connectivity index (χ2n) is 6.48. The molecule has 5 heteroatoms. The molecule has 0 aliphatic rings. The first-order chi connectivity index (χ1) is 13.2. The summed E-state index contributed by atoms with van der Waals surface area (Å²) in [6.45, 7) is 2.05. The zero-order valence-electron chi connectivity index (χ0n) is 15.0. The third-order valence-corrected chi connectivity index (χ3v) is 4.34. The molecule has 0 unspecified atom stereocenters. The van der Waals surface area contributed by atoms with Crippen LogP contribution in [0.4, 0.5) is 5.69 Å². The molecule has 4 rings (SSSR count). The summed E-state index contributed by atoms with van der Waals surface area (Å²) in [7, 11) is 0. The van der Waals surface area contributed by atoms with Gasteiger partial charge < -0.3 is 9.73 Å². The average Bonchev–Trinajstić information content (AvgIpc) is 3.12. The van der Waals surface area contributed by atoms with Crippen molar-refractivity contribution < 1.29 is 9.21 Å². The maximum Gasteiger partial charge on any atom is 0.228 e. The van der Waals surface area contributed by atoms with Crippen molar-refractivity contribution in [2.45, 2.75) is 19.8 Å². The molecule has 0 bridgehead atoms. The van der Waals surface area contributed by atoms with Crippen molar-refractivity contribution >= 4 is 22.7 Å². The summed E-state index contributed by atoms with van der Waals surface area (Å²) in [5.41, 5.74) is 5.27. The van der Waals surface area contributed by atoms with Gasteiger partial charge in [0.15, 0.2) is 5.58 Å². The van der Waals surface area contributed by atoms with Crippen LogP contribution in [0.1, 0.15) is 17.5 Å². The first-order valence-corrected chi connectivity index (χ1v) is 8.84. The Morgan fingerprint density at radius 1 is 1.11 bits per heavy atom. The lowest BCUT2D eigenvalue weighted by atomic mass is 10.1.